The van der Waals surface area contributed by atoms with E-state index in [0.717, 1.165) is 10.5 Å². The minimum absolute atomic E-state index is 0.275. The number of thiazole rings is 1. The summed E-state index contributed by atoms with van der Waals surface area (Å²) in [6, 6.07) is 10.1. The molecule has 3 amide bonds. The molecule has 9 heteroatoms. The molecule has 0 radical (unpaired) electrons. The Labute approximate surface area is 182 Å². The highest BCUT2D eigenvalue weighted by Crippen LogP contribution is 2.35. The van der Waals surface area contributed by atoms with E-state index in [1.807, 2.05) is 6.07 Å². The summed E-state index contributed by atoms with van der Waals surface area (Å²) in [6.07, 6.45) is 0. The van der Waals surface area contributed by atoms with Crippen LogP contribution >= 0.6 is 11.3 Å². The monoisotopic (exact) mass is 437 g/mol. The molecule has 1 N–H and O–H groups in total. The van der Waals surface area contributed by atoms with Crippen molar-refractivity contribution >= 4 is 34.7 Å². The molecule has 0 spiro atoms. The van der Waals surface area contributed by atoms with Crippen LogP contribution in [0.5, 0.6) is 11.5 Å². The lowest BCUT2D eigenvalue weighted by Gasteiger charge is -2.08. The second kappa shape index (κ2) is 7.84. The third-order valence-corrected chi connectivity index (χ3v) is 6.19. The molecular weight excluding hydrogens is 418 g/mol. The molecule has 8 nitrogen and oxygen atoms in total. The van der Waals surface area contributed by atoms with Crippen molar-refractivity contribution in [3.8, 4) is 22.1 Å². The maximum atomic E-state index is 12.9. The van der Waals surface area contributed by atoms with Crippen molar-refractivity contribution in [3.63, 3.8) is 0 Å². The Bertz CT molecular complexity index is 1230. The molecule has 1 aromatic heterocycles. The second-order valence-corrected chi connectivity index (χ2v) is 7.89. The fourth-order valence-corrected chi connectivity index (χ4v) is 4.28. The molecule has 0 saturated heterocycles. The Kier molecular flexibility index (Phi) is 5.20. The molecule has 1 aliphatic rings. The molecule has 0 bridgehead atoms. The molecule has 0 aliphatic carbocycles. The lowest BCUT2D eigenvalue weighted by Crippen LogP contribution is -2.24. The number of benzene rings is 2. The molecule has 2 aromatic carbocycles. The quantitative estimate of drug-likeness (QED) is 0.613. The highest BCUT2D eigenvalue weighted by atomic mass is 32.1. The maximum absolute atomic E-state index is 12.9. The number of hydrogen-bond donors (Lipinski definition) is 1. The first-order valence-electron chi connectivity index (χ1n) is 9.31. The molecular formula is C22H19N3O5S. The third kappa shape index (κ3) is 3.53. The fraction of sp³-hybridized carbons (Fsp3) is 0.182. The number of nitrogens with zero attached hydrogens (tertiary/aromatic N) is 2. The van der Waals surface area contributed by atoms with E-state index in [4.69, 9.17) is 9.47 Å². The maximum Gasteiger partial charge on any atom is 0.267 e. The predicted molar refractivity (Wildman–Crippen MR) is 116 cm³/mol. The van der Waals surface area contributed by atoms with Crippen LogP contribution in [-0.4, -0.2) is 48.9 Å². The van der Waals surface area contributed by atoms with Gasteiger partial charge in [-0.15, -0.1) is 11.3 Å². The fourth-order valence-electron chi connectivity index (χ4n) is 3.33. The van der Waals surface area contributed by atoms with Crippen molar-refractivity contribution < 1.29 is 23.9 Å². The van der Waals surface area contributed by atoms with Crippen molar-refractivity contribution in [3.05, 3.63) is 58.1 Å². The van der Waals surface area contributed by atoms with Gasteiger partial charge in [-0.25, -0.2) is 4.98 Å². The van der Waals surface area contributed by atoms with E-state index in [9.17, 15) is 14.4 Å². The van der Waals surface area contributed by atoms with Crippen molar-refractivity contribution in [1.29, 1.82) is 0 Å². The highest BCUT2D eigenvalue weighted by molar-refractivity contribution is 7.17. The number of amides is 3. The van der Waals surface area contributed by atoms with Crippen LogP contribution in [0.4, 0.5) is 5.69 Å². The zero-order chi connectivity index (χ0) is 22.3. The molecule has 158 valence electrons. The van der Waals surface area contributed by atoms with Gasteiger partial charge in [0, 0.05) is 18.3 Å². The summed E-state index contributed by atoms with van der Waals surface area (Å²) in [7, 11) is 4.55. The minimum Gasteiger partial charge on any atom is -0.493 e. The molecule has 1 aliphatic heterocycles. The van der Waals surface area contributed by atoms with Crippen LogP contribution in [0.15, 0.2) is 36.4 Å². The highest BCUT2D eigenvalue weighted by Gasteiger charge is 2.33. The summed E-state index contributed by atoms with van der Waals surface area (Å²) in [5.74, 6) is 0.0947. The van der Waals surface area contributed by atoms with Crippen molar-refractivity contribution in [1.82, 2.24) is 9.88 Å². The summed E-state index contributed by atoms with van der Waals surface area (Å²) in [4.78, 5) is 43.1. The van der Waals surface area contributed by atoms with Gasteiger partial charge in [-0.2, -0.15) is 0 Å². The van der Waals surface area contributed by atoms with Gasteiger partial charge in [-0.1, -0.05) is 0 Å². The largest absolute Gasteiger partial charge is 0.493 e. The molecule has 0 fully saturated rings. The molecule has 4 rings (SSSR count). The van der Waals surface area contributed by atoms with E-state index in [1.54, 1.807) is 45.4 Å². The lowest BCUT2D eigenvalue weighted by atomic mass is 10.1. The Balaban J connectivity index is 1.59. The third-order valence-electron chi connectivity index (χ3n) is 4.98. The van der Waals surface area contributed by atoms with Crippen molar-refractivity contribution in [2.45, 2.75) is 6.92 Å². The Morgan fingerprint density at radius 3 is 2.42 bits per heavy atom. The van der Waals surface area contributed by atoms with E-state index in [2.05, 4.69) is 10.3 Å². The Morgan fingerprint density at radius 1 is 1.00 bits per heavy atom. The van der Waals surface area contributed by atoms with Gasteiger partial charge in [0.25, 0.3) is 17.7 Å². The van der Waals surface area contributed by atoms with E-state index in [0.29, 0.717) is 38.3 Å². The SMILES string of the molecule is COc1ccc(-c2nc(C)c(C(=O)Nc3ccc4c(c3)C(=O)N(C)C4=O)s2)cc1OC. The molecule has 3 aromatic rings. The molecule has 0 unspecified atom stereocenters. The number of aryl methyl sites for hydroxylation is 1. The number of aromatic nitrogens is 1. The summed E-state index contributed by atoms with van der Waals surface area (Å²) < 4.78 is 10.6. The van der Waals surface area contributed by atoms with Crippen molar-refractivity contribution in [2.24, 2.45) is 0 Å². The number of carbonyl (C=O) groups excluding carboxylic acids is 3. The minimum atomic E-state index is -0.388. The Morgan fingerprint density at radius 2 is 1.71 bits per heavy atom. The van der Waals surface area contributed by atoms with Gasteiger partial charge in [0.05, 0.1) is 31.0 Å². The predicted octanol–water partition coefficient (Wildman–Crippen LogP) is 3.61. The molecule has 2 heterocycles. The number of nitrogens with one attached hydrogen (secondary N) is 1. The van der Waals surface area contributed by atoms with Crippen molar-refractivity contribution in [2.75, 3.05) is 26.6 Å². The van der Waals surface area contributed by atoms with Gasteiger partial charge in [-0.3, -0.25) is 19.3 Å². The van der Waals surface area contributed by atoms with E-state index < -0.39 is 0 Å². The standard InChI is InChI=1S/C22H19N3O5S/c1-11-18(31-20(23-11)12-5-8-16(29-3)17(9-12)30-4)19(26)24-13-6-7-14-15(10-13)22(28)25(2)21(14)27/h5-10H,1-4H3,(H,24,26). The van der Waals surface area contributed by atoms with Crippen LogP contribution in [0, 0.1) is 6.92 Å². The van der Waals surface area contributed by atoms with Crippen LogP contribution in [0.25, 0.3) is 10.6 Å². The first kappa shape index (κ1) is 20.5. The van der Waals surface area contributed by atoms with Gasteiger partial charge in [0.1, 0.15) is 9.88 Å². The Hall–Kier alpha value is -3.72. The first-order valence-corrected chi connectivity index (χ1v) is 10.1. The van der Waals surface area contributed by atoms with Gasteiger partial charge >= 0.3 is 0 Å². The summed E-state index contributed by atoms with van der Waals surface area (Å²) in [6.45, 7) is 1.76. The number of fused-ring (bicyclic) bond motifs is 1. The smallest absolute Gasteiger partial charge is 0.267 e. The van der Waals surface area contributed by atoms with E-state index in [1.165, 1.54) is 24.5 Å². The van der Waals surface area contributed by atoms with E-state index >= 15 is 0 Å². The van der Waals surface area contributed by atoms with Gasteiger partial charge in [-0.05, 0) is 43.3 Å². The van der Waals surface area contributed by atoms with Crippen LogP contribution in [0.2, 0.25) is 0 Å². The number of imide groups is 1. The number of hydrogen-bond acceptors (Lipinski definition) is 7. The molecule has 0 atom stereocenters. The average molecular weight is 437 g/mol. The van der Waals surface area contributed by atoms with Crippen LogP contribution < -0.4 is 14.8 Å². The summed E-state index contributed by atoms with van der Waals surface area (Å²) >= 11 is 1.25. The van der Waals surface area contributed by atoms with E-state index in [-0.39, 0.29) is 23.3 Å². The topological polar surface area (TPSA) is 97.8 Å². The van der Waals surface area contributed by atoms with Gasteiger partial charge < -0.3 is 14.8 Å². The number of anilines is 1. The molecule has 0 saturated carbocycles. The van der Waals surface area contributed by atoms with Crippen LogP contribution in [0.3, 0.4) is 0 Å². The number of methoxy groups -OCH3 is 2. The summed E-state index contributed by atoms with van der Waals surface area (Å²) in [5.41, 5.74) is 2.42. The second-order valence-electron chi connectivity index (χ2n) is 6.89. The molecule has 31 heavy (non-hydrogen) atoms. The number of ether oxygens (including phenoxy) is 2. The normalized spacial score (nSPS) is 12.7. The zero-order valence-corrected chi connectivity index (χ0v) is 18.1. The first-order chi connectivity index (χ1) is 14.8. The zero-order valence-electron chi connectivity index (χ0n) is 17.3. The van der Waals surface area contributed by atoms with Crippen LogP contribution in [0.1, 0.15) is 36.1 Å². The van der Waals surface area contributed by atoms with Gasteiger partial charge in [0.2, 0.25) is 0 Å². The summed E-state index contributed by atoms with van der Waals surface area (Å²) in [5, 5.41) is 3.46. The van der Waals surface area contributed by atoms with Gasteiger partial charge in [0.15, 0.2) is 11.5 Å². The number of carbonyl (C=O) groups is 3. The lowest BCUT2D eigenvalue weighted by molar-refractivity contribution is 0.0692. The van der Waals surface area contributed by atoms with Crippen LogP contribution in [-0.2, 0) is 0 Å². The number of rotatable bonds is 5. The average Bonchev–Trinajstić information content (AvgIpc) is 3.27.